The number of carbonyl (C=O) groups is 2. The molecule has 0 bridgehead atoms. The summed E-state index contributed by atoms with van der Waals surface area (Å²) in [5.74, 6) is 0.749. The predicted octanol–water partition coefficient (Wildman–Crippen LogP) is 1.91. The highest BCUT2D eigenvalue weighted by molar-refractivity contribution is 5.88. The van der Waals surface area contributed by atoms with Crippen LogP contribution in [0, 0.1) is 10.1 Å². The van der Waals surface area contributed by atoms with Gasteiger partial charge >= 0.3 is 0 Å². The van der Waals surface area contributed by atoms with Gasteiger partial charge in [-0.25, -0.2) is 4.98 Å². The van der Waals surface area contributed by atoms with Crippen LogP contribution in [-0.2, 0) is 9.59 Å². The number of fused-ring (bicyclic) bond motifs is 1. The van der Waals surface area contributed by atoms with E-state index in [2.05, 4.69) is 14.9 Å². The summed E-state index contributed by atoms with van der Waals surface area (Å²) >= 11 is 0. The molecule has 2 amide bonds. The van der Waals surface area contributed by atoms with Crippen molar-refractivity contribution >= 4 is 34.5 Å². The Morgan fingerprint density at radius 3 is 2.77 bits per heavy atom. The first kappa shape index (κ1) is 20.1. The molecule has 2 saturated heterocycles. The Balaban J connectivity index is 1.46. The number of imidazole rings is 1. The maximum Gasteiger partial charge on any atom is 0.271 e. The van der Waals surface area contributed by atoms with Gasteiger partial charge in [-0.05, 0) is 25.3 Å². The minimum atomic E-state index is -0.426. The van der Waals surface area contributed by atoms with Crippen molar-refractivity contribution in [2.45, 2.75) is 38.6 Å². The number of H-pyrrole nitrogens is 1. The number of non-ortho nitro benzene ring substituents is 1. The zero-order valence-corrected chi connectivity index (χ0v) is 17.0. The van der Waals surface area contributed by atoms with Crippen molar-refractivity contribution < 1.29 is 14.5 Å². The Morgan fingerprint density at radius 1 is 1.23 bits per heavy atom. The highest BCUT2D eigenvalue weighted by Gasteiger charge is 2.34. The van der Waals surface area contributed by atoms with E-state index in [0.717, 1.165) is 19.4 Å². The normalized spacial score (nSPS) is 18.7. The number of nitrogens with zero attached hydrogens (tertiary/aromatic N) is 5. The van der Waals surface area contributed by atoms with E-state index in [1.165, 1.54) is 12.1 Å². The van der Waals surface area contributed by atoms with Crippen LogP contribution in [0.5, 0.6) is 0 Å². The third kappa shape index (κ3) is 3.81. The molecule has 1 N–H and O–H groups in total. The molecule has 0 unspecified atom stereocenters. The zero-order chi connectivity index (χ0) is 21.3. The summed E-state index contributed by atoms with van der Waals surface area (Å²) in [6.07, 6.45) is 2.75. The number of nitro groups is 1. The molecule has 1 aromatic heterocycles. The van der Waals surface area contributed by atoms with Crippen molar-refractivity contribution in [2.75, 3.05) is 37.6 Å². The average Bonchev–Trinajstić information content (AvgIpc) is 3.26. The van der Waals surface area contributed by atoms with Gasteiger partial charge in [0.25, 0.3) is 5.69 Å². The van der Waals surface area contributed by atoms with Crippen molar-refractivity contribution in [2.24, 2.45) is 0 Å². The van der Waals surface area contributed by atoms with E-state index in [4.69, 9.17) is 0 Å². The maximum absolute atomic E-state index is 13.1. The summed E-state index contributed by atoms with van der Waals surface area (Å²) in [6, 6.07) is 4.19. The molecule has 10 heteroatoms. The van der Waals surface area contributed by atoms with E-state index in [1.54, 1.807) is 11.0 Å². The largest absolute Gasteiger partial charge is 0.341 e. The first-order valence-electron chi connectivity index (χ1n) is 10.4. The molecule has 0 aliphatic carbocycles. The molecule has 2 aliphatic heterocycles. The molecule has 10 nitrogen and oxygen atoms in total. The van der Waals surface area contributed by atoms with Gasteiger partial charge in [0.1, 0.15) is 6.04 Å². The van der Waals surface area contributed by atoms with Crippen LogP contribution >= 0.6 is 0 Å². The number of hydrogen-bond acceptors (Lipinski definition) is 6. The Kier molecular flexibility index (Phi) is 5.56. The average molecular weight is 414 g/mol. The van der Waals surface area contributed by atoms with Crippen molar-refractivity contribution in [3.63, 3.8) is 0 Å². The van der Waals surface area contributed by atoms with Gasteiger partial charge in [-0.1, -0.05) is 6.92 Å². The quantitative estimate of drug-likeness (QED) is 0.590. The molecule has 3 heterocycles. The minimum absolute atomic E-state index is 0.0207. The third-order valence-electron chi connectivity index (χ3n) is 5.93. The van der Waals surface area contributed by atoms with Gasteiger partial charge in [0.15, 0.2) is 0 Å². The number of aromatic amines is 1. The first-order chi connectivity index (χ1) is 14.5. The summed E-state index contributed by atoms with van der Waals surface area (Å²) in [5, 5.41) is 11.0. The molecule has 0 spiro atoms. The zero-order valence-electron chi connectivity index (χ0n) is 17.0. The van der Waals surface area contributed by atoms with E-state index in [9.17, 15) is 19.7 Å². The second kappa shape index (κ2) is 8.29. The summed E-state index contributed by atoms with van der Waals surface area (Å²) in [5.41, 5.74) is 1.31. The van der Waals surface area contributed by atoms with E-state index in [-0.39, 0.29) is 23.5 Å². The molecule has 0 saturated carbocycles. The lowest BCUT2D eigenvalue weighted by molar-refractivity contribution is -0.384. The van der Waals surface area contributed by atoms with Gasteiger partial charge in [0, 0.05) is 51.3 Å². The second-order valence-corrected chi connectivity index (χ2v) is 7.80. The minimum Gasteiger partial charge on any atom is -0.341 e. The van der Waals surface area contributed by atoms with Crippen LogP contribution in [-0.4, -0.2) is 75.3 Å². The number of hydrogen-bond donors (Lipinski definition) is 1. The molecule has 0 radical (unpaired) electrons. The Morgan fingerprint density at radius 2 is 2.07 bits per heavy atom. The number of nitro benzene ring substituents is 1. The van der Waals surface area contributed by atoms with Crippen LogP contribution in [0.4, 0.5) is 11.6 Å². The SMILES string of the molecule is CC[C@H](C(=O)N1CCCN(c2nc3ccc([N+](=O)[O-])cc3[nH]2)CC1)N1CCCC1=O. The highest BCUT2D eigenvalue weighted by atomic mass is 16.6. The molecule has 160 valence electrons. The van der Waals surface area contributed by atoms with Crippen molar-refractivity contribution in [1.29, 1.82) is 0 Å². The van der Waals surface area contributed by atoms with Crippen molar-refractivity contribution in [3.05, 3.63) is 28.3 Å². The fourth-order valence-electron chi connectivity index (χ4n) is 4.33. The van der Waals surface area contributed by atoms with E-state index in [0.29, 0.717) is 56.0 Å². The van der Waals surface area contributed by atoms with Crippen LogP contribution in [0.25, 0.3) is 11.0 Å². The Hall–Kier alpha value is -3.17. The van der Waals surface area contributed by atoms with Crippen LogP contribution < -0.4 is 4.90 Å². The van der Waals surface area contributed by atoms with E-state index in [1.807, 2.05) is 11.8 Å². The summed E-state index contributed by atoms with van der Waals surface area (Å²) in [6.45, 7) is 5.14. The number of anilines is 1. The standard InChI is InChI=1S/C20H26N6O4/c1-2-17(25-10-3-5-18(25)27)19(28)23-8-4-9-24(12-11-23)20-21-15-7-6-14(26(29)30)13-16(15)22-20/h6-7,13,17H,2-5,8-12H2,1H3,(H,21,22)/t17-/m1/s1. The number of benzene rings is 1. The van der Waals surface area contributed by atoms with E-state index >= 15 is 0 Å². The van der Waals surface area contributed by atoms with Gasteiger partial charge in [-0.15, -0.1) is 0 Å². The van der Waals surface area contributed by atoms with Gasteiger partial charge in [0.2, 0.25) is 17.8 Å². The van der Waals surface area contributed by atoms with Crippen LogP contribution in [0.15, 0.2) is 18.2 Å². The topological polar surface area (TPSA) is 116 Å². The molecular weight excluding hydrogens is 388 g/mol. The van der Waals surface area contributed by atoms with E-state index < -0.39 is 4.92 Å². The molecular formula is C20H26N6O4. The maximum atomic E-state index is 13.1. The first-order valence-corrected chi connectivity index (χ1v) is 10.4. The van der Waals surface area contributed by atoms with Gasteiger partial charge in [0.05, 0.1) is 16.0 Å². The highest BCUT2D eigenvalue weighted by Crippen LogP contribution is 2.24. The van der Waals surface area contributed by atoms with Crippen LogP contribution in [0.3, 0.4) is 0 Å². The summed E-state index contributed by atoms with van der Waals surface area (Å²) in [4.78, 5) is 49.2. The van der Waals surface area contributed by atoms with Gasteiger partial charge in [-0.3, -0.25) is 19.7 Å². The van der Waals surface area contributed by atoms with Gasteiger partial charge in [-0.2, -0.15) is 0 Å². The number of amides is 2. The predicted molar refractivity (Wildman–Crippen MR) is 111 cm³/mol. The lowest BCUT2D eigenvalue weighted by Gasteiger charge is -2.31. The molecule has 2 aliphatic rings. The number of aromatic nitrogens is 2. The van der Waals surface area contributed by atoms with Crippen LogP contribution in [0.2, 0.25) is 0 Å². The molecule has 30 heavy (non-hydrogen) atoms. The Labute approximate surface area is 174 Å². The fourth-order valence-corrected chi connectivity index (χ4v) is 4.33. The molecule has 2 fully saturated rings. The molecule has 2 aromatic rings. The monoisotopic (exact) mass is 414 g/mol. The van der Waals surface area contributed by atoms with Crippen molar-refractivity contribution in [1.82, 2.24) is 19.8 Å². The third-order valence-corrected chi connectivity index (χ3v) is 5.93. The smallest absolute Gasteiger partial charge is 0.271 e. The van der Waals surface area contributed by atoms with Crippen LogP contribution in [0.1, 0.15) is 32.6 Å². The molecule has 4 rings (SSSR count). The summed E-state index contributed by atoms with van der Waals surface area (Å²) in [7, 11) is 0. The molecule has 1 aromatic carbocycles. The van der Waals surface area contributed by atoms with Gasteiger partial charge < -0.3 is 19.7 Å². The Bertz CT molecular complexity index is 973. The number of nitrogens with one attached hydrogen (secondary N) is 1. The molecule has 1 atom stereocenters. The fraction of sp³-hybridized carbons (Fsp3) is 0.550. The number of rotatable bonds is 5. The summed E-state index contributed by atoms with van der Waals surface area (Å²) < 4.78 is 0. The lowest BCUT2D eigenvalue weighted by Crippen LogP contribution is -2.49. The lowest BCUT2D eigenvalue weighted by atomic mass is 10.1. The number of likely N-dealkylation sites (tertiary alicyclic amines) is 1. The second-order valence-electron chi connectivity index (χ2n) is 7.80. The number of carbonyl (C=O) groups excluding carboxylic acids is 2. The van der Waals surface area contributed by atoms with Crippen molar-refractivity contribution in [3.8, 4) is 0 Å².